The van der Waals surface area contributed by atoms with Crippen molar-refractivity contribution in [2.45, 2.75) is 18.9 Å². The summed E-state index contributed by atoms with van der Waals surface area (Å²) in [5, 5.41) is 13.3. The minimum absolute atomic E-state index is 0.221. The number of aromatic nitrogens is 2. The van der Waals surface area contributed by atoms with Crippen LogP contribution in [0.4, 0.5) is 21.7 Å². The molecular formula is C15H15FN4O2. The van der Waals surface area contributed by atoms with Gasteiger partial charge in [-0.25, -0.2) is 4.39 Å². The third kappa shape index (κ3) is 3.37. The summed E-state index contributed by atoms with van der Waals surface area (Å²) in [6, 6.07) is 9.49. The van der Waals surface area contributed by atoms with Crippen molar-refractivity contribution in [3.8, 4) is 0 Å². The summed E-state index contributed by atoms with van der Waals surface area (Å²) in [4.78, 5) is 11.9. The number of nitrogens with one attached hydrogen (secondary N) is 2. The molecule has 1 aromatic heterocycles. The Morgan fingerprint density at radius 3 is 2.64 bits per heavy atom. The summed E-state index contributed by atoms with van der Waals surface area (Å²) in [5.74, 6) is 0.126. The molecule has 22 heavy (non-hydrogen) atoms. The van der Waals surface area contributed by atoms with Gasteiger partial charge in [0.1, 0.15) is 11.9 Å². The van der Waals surface area contributed by atoms with Crippen LogP contribution >= 0.6 is 0 Å². The first-order valence-electron chi connectivity index (χ1n) is 7.00. The van der Waals surface area contributed by atoms with E-state index in [1.165, 1.54) is 6.07 Å². The van der Waals surface area contributed by atoms with Crippen molar-refractivity contribution in [1.82, 2.24) is 10.2 Å². The molecule has 114 valence electrons. The molecule has 6 nitrogen and oxygen atoms in total. The van der Waals surface area contributed by atoms with Crippen LogP contribution in [-0.4, -0.2) is 28.8 Å². The van der Waals surface area contributed by atoms with Gasteiger partial charge in [-0.2, -0.15) is 0 Å². The van der Waals surface area contributed by atoms with Crippen molar-refractivity contribution in [2.75, 3.05) is 17.2 Å². The molecule has 0 aliphatic carbocycles. The third-order valence-electron chi connectivity index (χ3n) is 3.27. The molecule has 1 fully saturated rings. The quantitative estimate of drug-likeness (QED) is 0.907. The van der Waals surface area contributed by atoms with Crippen LogP contribution in [0, 0.1) is 5.82 Å². The lowest BCUT2D eigenvalue weighted by atomic mass is 10.2. The highest BCUT2D eigenvalue weighted by atomic mass is 19.1. The fraction of sp³-hybridized carbons (Fsp3) is 0.267. The van der Waals surface area contributed by atoms with Crippen LogP contribution in [-0.2, 0) is 9.53 Å². The van der Waals surface area contributed by atoms with Crippen LogP contribution < -0.4 is 10.6 Å². The van der Waals surface area contributed by atoms with Crippen LogP contribution in [0.1, 0.15) is 12.8 Å². The number of ether oxygens (including phenoxy) is 1. The van der Waals surface area contributed by atoms with E-state index in [2.05, 4.69) is 20.8 Å². The number of nitrogens with zero attached hydrogens (tertiary/aromatic N) is 2. The zero-order valence-electron chi connectivity index (χ0n) is 11.8. The maximum absolute atomic E-state index is 13.5. The van der Waals surface area contributed by atoms with Crippen LogP contribution in [0.15, 0.2) is 36.4 Å². The Hall–Kier alpha value is -2.54. The van der Waals surface area contributed by atoms with E-state index in [4.69, 9.17) is 4.74 Å². The van der Waals surface area contributed by atoms with E-state index < -0.39 is 6.10 Å². The molecule has 1 unspecified atom stereocenters. The van der Waals surface area contributed by atoms with Crippen LogP contribution in [0.3, 0.4) is 0 Å². The molecule has 0 spiro atoms. The molecule has 0 saturated carbocycles. The Morgan fingerprint density at radius 2 is 1.95 bits per heavy atom. The highest BCUT2D eigenvalue weighted by molar-refractivity contribution is 5.93. The van der Waals surface area contributed by atoms with E-state index >= 15 is 0 Å². The van der Waals surface area contributed by atoms with E-state index in [1.54, 1.807) is 30.3 Å². The molecule has 0 radical (unpaired) electrons. The normalized spacial score (nSPS) is 17.2. The van der Waals surface area contributed by atoms with Gasteiger partial charge in [0.25, 0.3) is 5.91 Å². The number of anilines is 3. The van der Waals surface area contributed by atoms with Gasteiger partial charge in [-0.3, -0.25) is 4.79 Å². The Kier molecular flexibility index (Phi) is 4.24. The number of halogens is 1. The molecule has 1 aromatic carbocycles. The van der Waals surface area contributed by atoms with Crippen molar-refractivity contribution in [2.24, 2.45) is 0 Å². The highest BCUT2D eigenvalue weighted by Gasteiger charge is 2.23. The Labute approximate surface area is 126 Å². The summed E-state index contributed by atoms with van der Waals surface area (Å²) in [7, 11) is 0. The molecule has 1 aliphatic heterocycles. The Bertz CT molecular complexity index is 657. The van der Waals surface area contributed by atoms with E-state index in [0.717, 1.165) is 6.42 Å². The minimum atomic E-state index is -0.419. The fourth-order valence-electron chi connectivity index (χ4n) is 2.16. The van der Waals surface area contributed by atoms with Gasteiger partial charge in [-0.05, 0) is 37.1 Å². The first-order valence-corrected chi connectivity index (χ1v) is 7.00. The smallest absolute Gasteiger partial charge is 0.254 e. The predicted molar refractivity (Wildman–Crippen MR) is 79.3 cm³/mol. The van der Waals surface area contributed by atoms with Gasteiger partial charge in [-0.15, -0.1) is 10.2 Å². The van der Waals surface area contributed by atoms with Gasteiger partial charge < -0.3 is 15.4 Å². The first-order chi connectivity index (χ1) is 10.7. The van der Waals surface area contributed by atoms with Gasteiger partial charge in [-0.1, -0.05) is 12.1 Å². The average Bonchev–Trinajstić information content (AvgIpc) is 3.06. The molecule has 1 amide bonds. The molecule has 2 aromatic rings. The Balaban J connectivity index is 1.63. The maximum Gasteiger partial charge on any atom is 0.254 e. The standard InChI is InChI=1S/C15H15FN4O2/c16-10-4-1-2-5-11(10)17-13-7-8-14(20-19-13)18-15(21)12-6-3-9-22-12/h1-2,4-5,7-8,12H,3,6,9H2,(H,17,19)(H,18,20,21). The molecule has 7 heteroatoms. The number of carbonyl (C=O) groups is 1. The zero-order valence-corrected chi connectivity index (χ0v) is 11.8. The monoisotopic (exact) mass is 302 g/mol. The number of hydrogen-bond acceptors (Lipinski definition) is 5. The summed E-state index contributed by atoms with van der Waals surface area (Å²) in [6.07, 6.45) is 1.18. The van der Waals surface area contributed by atoms with Crippen molar-refractivity contribution in [3.63, 3.8) is 0 Å². The summed E-state index contributed by atoms with van der Waals surface area (Å²) < 4.78 is 18.8. The lowest BCUT2D eigenvalue weighted by molar-refractivity contribution is -0.124. The SMILES string of the molecule is O=C(Nc1ccc(Nc2ccccc2F)nn1)C1CCCO1. The molecule has 2 N–H and O–H groups in total. The van der Waals surface area contributed by atoms with Crippen molar-refractivity contribution < 1.29 is 13.9 Å². The van der Waals surface area contributed by atoms with Crippen molar-refractivity contribution in [3.05, 3.63) is 42.2 Å². The molecule has 3 rings (SSSR count). The van der Waals surface area contributed by atoms with Crippen molar-refractivity contribution >= 4 is 23.2 Å². The fourth-order valence-corrected chi connectivity index (χ4v) is 2.16. The molecule has 2 heterocycles. The number of hydrogen-bond donors (Lipinski definition) is 2. The second kappa shape index (κ2) is 6.48. The van der Waals surface area contributed by atoms with Gasteiger partial charge in [0.05, 0.1) is 5.69 Å². The maximum atomic E-state index is 13.5. The molecule has 1 aliphatic rings. The highest BCUT2D eigenvalue weighted by Crippen LogP contribution is 2.18. The summed E-state index contributed by atoms with van der Waals surface area (Å²) in [5.41, 5.74) is 0.313. The lowest BCUT2D eigenvalue weighted by Crippen LogP contribution is -2.27. The molecule has 0 bridgehead atoms. The van der Waals surface area contributed by atoms with E-state index in [-0.39, 0.29) is 11.7 Å². The van der Waals surface area contributed by atoms with Crippen molar-refractivity contribution in [1.29, 1.82) is 0 Å². The first kappa shape index (κ1) is 14.4. The summed E-state index contributed by atoms with van der Waals surface area (Å²) in [6.45, 7) is 0.606. The third-order valence-corrected chi connectivity index (χ3v) is 3.27. The zero-order chi connectivity index (χ0) is 15.4. The largest absolute Gasteiger partial charge is 0.368 e. The summed E-state index contributed by atoms with van der Waals surface area (Å²) >= 11 is 0. The van der Waals surface area contributed by atoms with E-state index in [0.29, 0.717) is 30.4 Å². The number of rotatable bonds is 4. The Morgan fingerprint density at radius 1 is 1.18 bits per heavy atom. The molecule has 1 atom stereocenters. The second-order valence-electron chi connectivity index (χ2n) is 4.90. The number of carbonyl (C=O) groups excluding carboxylic acids is 1. The molecular weight excluding hydrogens is 287 g/mol. The van der Waals surface area contributed by atoms with Gasteiger partial charge >= 0.3 is 0 Å². The number of benzene rings is 1. The van der Waals surface area contributed by atoms with Crippen LogP contribution in [0.2, 0.25) is 0 Å². The second-order valence-corrected chi connectivity index (χ2v) is 4.90. The predicted octanol–water partition coefficient (Wildman–Crippen LogP) is 2.48. The van der Waals surface area contributed by atoms with Crippen LogP contribution in [0.25, 0.3) is 0 Å². The van der Waals surface area contributed by atoms with Gasteiger partial charge in [0.2, 0.25) is 0 Å². The lowest BCUT2D eigenvalue weighted by Gasteiger charge is -2.10. The van der Waals surface area contributed by atoms with E-state index in [9.17, 15) is 9.18 Å². The topological polar surface area (TPSA) is 76.1 Å². The van der Waals surface area contributed by atoms with Crippen LogP contribution in [0.5, 0.6) is 0 Å². The number of para-hydroxylation sites is 1. The van der Waals surface area contributed by atoms with Gasteiger partial charge in [0, 0.05) is 6.61 Å². The number of amides is 1. The molecule has 1 saturated heterocycles. The average molecular weight is 302 g/mol. The van der Waals surface area contributed by atoms with Gasteiger partial charge in [0.15, 0.2) is 11.6 Å². The van der Waals surface area contributed by atoms with E-state index in [1.807, 2.05) is 0 Å². The minimum Gasteiger partial charge on any atom is -0.368 e.